The quantitative estimate of drug-likeness (QED) is 0.280. The Labute approximate surface area is 190 Å². The number of fused-ring (bicyclic) bond motifs is 1. The summed E-state index contributed by atoms with van der Waals surface area (Å²) >= 11 is 0. The average Bonchev–Trinajstić information content (AvgIpc) is 3.52. The second-order valence-electron chi connectivity index (χ2n) is 7.72. The van der Waals surface area contributed by atoms with Gasteiger partial charge in [-0.15, -0.1) is 0 Å². The summed E-state index contributed by atoms with van der Waals surface area (Å²) in [5, 5.41) is 18.3. The van der Waals surface area contributed by atoms with Gasteiger partial charge in [-0.2, -0.15) is 5.10 Å². The van der Waals surface area contributed by atoms with Crippen molar-refractivity contribution in [3.63, 3.8) is 0 Å². The van der Waals surface area contributed by atoms with E-state index in [1.807, 2.05) is 47.2 Å². The van der Waals surface area contributed by atoms with Gasteiger partial charge >= 0.3 is 0 Å². The summed E-state index contributed by atoms with van der Waals surface area (Å²) < 4.78 is 18.3. The van der Waals surface area contributed by atoms with Gasteiger partial charge in [0.25, 0.3) is 0 Å². The molecule has 8 heteroatoms. The predicted molar refractivity (Wildman–Crippen MR) is 124 cm³/mol. The number of nitrogens with zero attached hydrogens (tertiary/aromatic N) is 5. The number of hydrogen-bond donors (Lipinski definition) is 2. The average molecular weight is 442 g/mol. The molecule has 0 aliphatic carbocycles. The summed E-state index contributed by atoms with van der Waals surface area (Å²) in [4.78, 5) is 8.75. The Hall–Kier alpha value is -3.88. The number of aliphatic hydroxyl groups is 1. The van der Waals surface area contributed by atoms with Crippen LogP contribution in [0.4, 0.5) is 4.39 Å². The van der Waals surface area contributed by atoms with Crippen LogP contribution in [0, 0.1) is 5.82 Å². The first-order valence-corrected chi connectivity index (χ1v) is 10.8. The van der Waals surface area contributed by atoms with Crippen LogP contribution in [-0.2, 0) is 6.54 Å². The van der Waals surface area contributed by atoms with Gasteiger partial charge in [-0.1, -0.05) is 42.5 Å². The number of aliphatic hydroxyl groups excluding tert-OH is 1. The Kier molecular flexibility index (Phi) is 5.93. The van der Waals surface area contributed by atoms with Gasteiger partial charge in [0.05, 0.1) is 17.7 Å². The third-order valence-electron chi connectivity index (χ3n) is 5.44. The van der Waals surface area contributed by atoms with Gasteiger partial charge in [0.2, 0.25) is 0 Å². The minimum absolute atomic E-state index is 0.348. The highest BCUT2D eigenvalue weighted by Crippen LogP contribution is 2.28. The van der Waals surface area contributed by atoms with E-state index in [0.717, 1.165) is 18.5 Å². The minimum Gasteiger partial charge on any atom is -0.373 e. The first-order valence-electron chi connectivity index (χ1n) is 10.8. The molecular weight excluding hydrogens is 419 g/mol. The Balaban J connectivity index is 1.46. The van der Waals surface area contributed by atoms with Crippen molar-refractivity contribution >= 4 is 5.65 Å². The third kappa shape index (κ3) is 4.52. The van der Waals surface area contributed by atoms with Gasteiger partial charge in [0, 0.05) is 36.1 Å². The molecule has 0 saturated carbocycles. The third-order valence-corrected chi connectivity index (χ3v) is 5.44. The number of nitrogens with one attached hydrogen (secondary N) is 1. The fourth-order valence-electron chi connectivity index (χ4n) is 3.77. The van der Waals surface area contributed by atoms with Crippen LogP contribution in [0.15, 0.2) is 85.5 Å². The normalized spacial score (nSPS) is 12.3. The molecule has 2 N–H and O–H groups in total. The molecule has 0 aliphatic heterocycles. The zero-order valence-electron chi connectivity index (χ0n) is 17.8. The smallest absolute Gasteiger partial charge is 0.156 e. The highest BCUT2D eigenvalue weighted by Gasteiger charge is 2.18. The van der Waals surface area contributed by atoms with Gasteiger partial charge in [-0.25, -0.2) is 18.9 Å². The standard InChI is InChI=1S/C25H23FN6O/c26-20-10-5-4-9-19(20)23-15-21(18-7-2-1-3-8-18)29-24-16-22(30-32(23)24)25(33)28-11-6-13-31-14-12-27-17-31/h1-5,7-10,12,14-17,25,28,33H,6,11,13H2. The highest BCUT2D eigenvalue weighted by molar-refractivity contribution is 5.71. The van der Waals surface area contributed by atoms with Gasteiger partial charge in [-0.3, -0.25) is 5.32 Å². The summed E-state index contributed by atoms with van der Waals surface area (Å²) in [6.07, 6.45) is 5.25. The molecule has 0 fully saturated rings. The molecule has 7 nitrogen and oxygen atoms in total. The molecule has 0 aliphatic rings. The first-order chi connectivity index (χ1) is 16.2. The maximum absolute atomic E-state index is 14.7. The molecule has 5 aromatic rings. The number of benzene rings is 2. The van der Waals surface area contributed by atoms with Crippen molar-refractivity contribution in [2.45, 2.75) is 19.2 Å². The lowest BCUT2D eigenvalue weighted by atomic mass is 10.1. The summed E-state index contributed by atoms with van der Waals surface area (Å²) in [7, 11) is 0. The van der Waals surface area contributed by atoms with Crippen molar-refractivity contribution < 1.29 is 9.50 Å². The van der Waals surface area contributed by atoms with Crippen molar-refractivity contribution in [2.24, 2.45) is 0 Å². The maximum atomic E-state index is 14.7. The molecule has 0 saturated heterocycles. The van der Waals surface area contributed by atoms with Crippen LogP contribution in [0.5, 0.6) is 0 Å². The number of halogens is 1. The molecule has 0 amide bonds. The summed E-state index contributed by atoms with van der Waals surface area (Å²) in [5.74, 6) is -0.348. The Morgan fingerprint density at radius 1 is 1.03 bits per heavy atom. The fourth-order valence-corrected chi connectivity index (χ4v) is 3.77. The monoisotopic (exact) mass is 442 g/mol. The van der Waals surface area contributed by atoms with E-state index in [-0.39, 0.29) is 5.82 Å². The SMILES string of the molecule is OC(NCCCn1ccnc1)c1cc2nc(-c3ccccc3)cc(-c3ccccc3F)n2n1. The van der Waals surface area contributed by atoms with E-state index in [1.54, 1.807) is 41.3 Å². The van der Waals surface area contributed by atoms with Crippen LogP contribution in [0.3, 0.4) is 0 Å². The first kappa shape index (κ1) is 21.0. The van der Waals surface area contributed by atoms with E-state index in [1.165, 1.54) is 6.07 Å². The largest absolute Gasteiger partial charge is 0.373 e. The van der Waals surface area contributed by atoms with Crippen LogP contribution < -0.4 is 5.32 Å². The van der Waals surface area contributed by atoms with Crippen molar-refractivity contribution in [1.29, 1.82) is 0 Å². The molecule has 0 radical (unpaired) electrons. The second-order valence-corrected chi connectivity index (χ2v) is 7.72. The van der Waals surface area contributed by atoms with Crippen LogP contribution >= 0.6 is 0 Å². The van der Waals surface area contributed by atoms with Gasteiger partial charge in [-0.05, 0) is 31.2 Å². The Morgan fingerprint density at radius 3 is 2.64 bits per heavy atom. The van der Waals surface area contributed by atoms with Crippen molar-refractivity contribution in [1.82, 2.24) is 29.5 Å². The summed E-state index contributed by atoms with van der Waals surface area (Å²) in [5.41, 5.74) is 3.56. The van der Waals surface area contributed by atoms with E-state index in [2.05, 4.69) is 15.4 Å². The molecule has 1 atom stereocenters. The molecular formula is C25H23FN6O. The topological polar surface area (TPSA) is 80.3 Å². The van der Waals surface area contributed by atoms with Crippen LogP contribution in [0.25, 0.3) is 28.2 Å². The molecule has 166 valence electrons. The molecule has 3 heterocycles. The van der Waals surface area contributed by atoms with E-state index < -0.39 is 6.23 Å². The summed E-state index contributed by atoms with van der Waals surface area (Å²) in [6.45, 7) is 1.39. The van der Waals surface area contributed by atoms with Crippen molar-refractivity contribution in [3.05, 3.63) is 97.0 Å². The van der Waals surface area contributed by atoms with Crippen molar-refractivity contribution in [3.8, 4) is 22.5 Å². The maximum Gasteiger partial charge on any atom is 0.156 e. The molecule has 5 rings (SSSR count). The molecule has 3 aromatic heterocycles. The number of rotatable bonds is 8. The lowest BCUT2D eigenvalue weighted by molar-refractivity contribution is 0.133. The Bertz CT molecular complexity index is 1350. The van der Waals surface area contributed by atoms with Crippen LogP contribution in [0.2, 0.25) is 0 Å². The van der Waals surface area contributed by atoms with E-state index in [9.17, 15) is 9.50 Å². The molecule has 33 heavy (non-hydrogen) atoms. The highest BCUT2D eigenvalue weighted by atomic mass is 19.1. The number of aromatic nitrogens is 5. The molecule has 0 bridgehead atoms. The van der Waals surface area contributed by atoms with Crippen molar-refractivity contribution in [2.75, 3.05) is 6.54 Å². The zero-order chi connectivity index (χ0) is 22.6. The number of hydrogen-bond acceptors (Lipinski definition) is 5. The predicted octanol–water partition coefficient (Wildman–Crippen LogP) is 4.07. The zero-order valence-corrected chi connectivity index (χ0v) is 17.8. The second kappa shape index (κ2) is 9.32. The van der Waals surface area contributed by atoms with E-state index >= 15 is 0 Å². The summed E-state index contributed by atoms with van der Waals surface area (Å²) in [6, 6.07) is 19.8. The van der Waals surface area contributed by atoms with E-state index in [4.69, 9.17) is 4.98 Å². The molecule has 1 unspecified atom stereocenters. The van der Waals surface area contributed by atoms with Crippen LogP contribution in [0.1, 0.15) is 18.3 Å². The lowest BCUT2D eigenvalue weighted by Gasteiger charge is -2.11. The van der Waals surface area contributed by atoms with Crippen LogP contribution in [-0.4, -0.2) is 35.8 Å². The van der Waals surface area contributed by atoms with Gasteiger partial charge in [0.15, 0.2) is 5.65 Å². The van der Waals surface area contributed by atoms with Gasteiger partial charge in [0.1, 0.15) is 17.7 Å². The fraction of sp³-hybridized carbons (Fsp3) is 0.160. The van der Waals surface area contributed by atoms with E-state index in [0.29, 0.717) is 34.8 Å². The molecule has 0 spiro atoms. The molecule has 2 aromatic carbocycles. The lowest BCUT2D eigenvalue weighted by Crippen LogP contribution is -2.23. The van der Waals surface area contributed by atoms with Gasteiger partial charge < -0.3 is 9.67 Å². The number of aryl methyl sites for hydroxylation is 1. The number of imidazole rings is 1. The minimum atomic E-state index is -0.969. The Morgan fingerprint density at radius 2 is 1.85 bits per heavy atom.